The molecule has 0 spiro atoms. The molecule has 2 aliphatic rings. The van der Waals surface area contributed by atoms with Crippen LogP contribution in [0.15, 0.2) is 0 Å². The Morgan fingerprint density at radius 2 is 1.78 bits per heavy atom. The number of piperidine rings is 1. The molecule has 0 atom stereocenters. The van der Waals surface area contributed by atoms with E-state index in [0.29, 0.717) is 12.5 Å². The molecule has 0 aliphatic carbocycles. The number of likely N-dealkylation sites (N-methyl/N-ethyl adjacent to an activating group) is 1. The fourth-order valence-electron chi connectivity index (χ4n) is 2.79. The van der Waals surface area contributed by atoms with Gasteiger partial charge in [0.25, 0.3) is 0 Å². The summed E-state index contributed by atoms with van der Waals surface area (Å²) >= 11 is 0. The molecule has 2 rings (SSSR count). The lowest BCUT2D eigenvalue weighted by Crippen LogP contribution is -2.66. The molecule has 0 radical (unpaired) electrons. The standard InChI is InChI=1S/C11H24N4O3/c1-13-7-10(8-13)15(11(16,17)18)6-9-2-4-14(12)5-3-9/h9-10,16-18H,2-8,12H2,1H3. The Kier molecular flexibility index (Phi) is 4.22. The number of hydrogen-bond donors (Lipinski definition) is 4. The first kappa shape index (κ1) is 14.1. The van der Waals surface area contributed by atoms with Gasteiger partial charge in [-0.25, -0.2) is 9.91 Å². The number of hydrogen-bond acceptors (Lipinski definition) is 7. The molecule has 0 amide bonds. The van der Waals surface area contributed by atoms with Crippen LogP contribution in [-0.2, 0) is 0 Å². The van der Waals surface area contributed by atoms with Crippen LogP contribution in [0.5, 0.6) is 0 Å². The third-order valence-corrected chi connectivity index (χ3v) is 3.97. The smallest absolute Gasteiger partial charge is 0.330 e. The lowest BCUT2D eigenvalue weighted by molar-refractivity contribution is -0.407. The molecule has 2 aliphatic heterocycles. The zero-order chi connectivity index (χ0) is 13.3. The topological polar surface area (TPSA) is 96.4 Å². The van der Waals surface area contributed by atoms with Gasteiger partial charge in [0.05, 0.1) is 0 Å². The van der Waals surface area contributed by atoms with Crippen molar-refractivity contribution in [2.45, 2.75) is 25.0 Å². The van der Waals surface area contributed by atoms with Gasteiger partial charge in [-0.05, 0) is 25.8 Å². The molecule has 0 aromatic carbocycles. The molecule has 2 saturated heterocycles. The maximum absolute atomic E-state index is 9.47. The van der Waals surface area contributed by atoms with E-state index in [1.807, 2.05) is 7.05 Å². The van der Waals surface area contributed by atoms with Crippen LogP contribution in [0.4, 0.5) is 0 Å². The van der Waals surface area contributed by atoms with Crippen LogP contribution in [0, 0.1) is 5.92 Å². The summed E-state index contributed by atoms with van der Waals surface area (Å²) in [6, 6.07) is 0.00547. The molecule has 2 fully saturated rings. The summed E-state index contributed by atoms with van der Waals surface area (Å²) < 4.78 is 0. The first-order valence-electron chi connectivity index (χ1n) is 6.48. The zero-order valence-electron chi connectivity index (χ0n) is 10.9. The third kappa shape index (κ3) is 3.39. The van der Waals surface area contributed by atoms with Crippen LogP contribution in [0.3, 0.4) is 0 Å². The van der Waals surface area contributed by atoms with Crippen LogP contribution < -0.4 is 5.84 Å². The highest BCUT2D eigenvalue weighted by Crippen LogP contribution is 2.24. The first-order chi connectivity index (χ1) is 8.36. The Morgan fingerprint density at radius 3 is 2.22 bits per heavy atom. The number of rotatable bonds is 4. The second-order valence-corrected chi connectivity index (χ2v) is 5.61. The van der Waals surface area contributed by atoms with Crippen molar-refractivity contribution in [3.8, 4) is 0 Å². The van der Waals surface area contributed by atoms with Crippen LogP contribution in [0.1, 0.15) is 12.8 Å². The molecular weight excluding hydrogens is 236 g/mol. The van der Waals surface area contributed by atoms with Crippen molar-refractivity contribution in [3.63, 3.8) is 0 Å². The molecule has 2 heterocycles. The minimum absolute atomic E-state index is 0.00547. The Balaban J connectivity index is 1.89. The number of hydrazine groups is 1. The van der Waals surface area contributed by atoms with E-state index in [4.69, 9.17) is 5.84 Å². The van der Waals surface area contributed by atoms with E-state index in [9.17, 15) is 15.3 Å². The van der Waals surface area contributed by atoms with Gasteiger partial charge in [-0.3, -0.25) is 5.84 Å². The zero-order valence-corrected chi connectivity index (χ0v) is 10.9. The summed E-state index contributed by atoms with van der Waals surface area (Å²) in [4.78, 5) is 3.47. The van der Waals surface area contributed by atoms with E-state index in [1.165, 1.54) is 4.90 Å². The van der Waals surface area contributed by atoms with E-state index in [1.54, 1.807) is 5.01 Å². The predicted molar refractivity (Wildman–Crippen MR) is 65.9 cm³/mol. The molecular formula is C11H24N4O3. The highest BCUT2D eigenvalue weighted by atomic mass is 16.7. The molecule has 18 heavy (non-hydrogen) atoms. The molecule has 0 aromatic heterocycles. The molecule has 0 bridgehead atoms. The number of likely N-dealkylation sites (tertiary alicyclic amines) is 1. The van der Waals surface area contributed by atoms with Crippen molar-refractivity contribution in [2.24, 2.45) is 11.8 Å². The van der Waals surface area contributed by atoms with Gasteiger partial charge in [0.15, 0.2) is 0 Å². The van der Waals surface area contributed by atoms with E-state index < -0.39 is 6.10 Å². The molecule has 7 nitrogen and oxygen atoms in total. The van der Waals surface area contributed by atoms with Gasteiger partial charge in [0.2, 0.25) is 0 Å². The molecule has 0 aromatic rings. The summed E-state index contributed by atoms with van der Waals surface area (Å²) in [5.41, 5.74) is 0. The largest absolute Gasteiger partial charge is 0.346 e. The van der Waals surface area contributed by atoms with Gasteiger partial charge in [-0.15, -0.1) is 0 Å². The second-order valence-electron chi connectivity index (χ2n) is 5.61. The summed E-state index contributed by atoms with van der Waals surface area (Å²) in [5.74, 6) is 6.04. The Bertz CT molecular complexity index is 270. The molecule has 7 heteroatoms. The average molecular weight is 260 g/mol. The Labute approximate surface area is 107 Å². The van der Waals surface area contributed by atoms with Crippen molar-refractivity contribution >= 4 is 0 Å². The molecule has 0 saturated carbocycles. The first-order valence-corrected chi connectivity index (χ1v) is 6.48. The summed E-state index contributed by atoms with van der Waals surface area (Å²) in [7, 11) is 1.97. The van der Waals surface area contributed by atoms with Crippen molar-refractivity contribution < 1.29 is 15.3 Å². The van der Waals surface area contributed by atoms with E-state index in [-0.39, 0.29) is 6.04 Å². The maximum Gasteiger partial charge on any atom is 0.346 e. The lowest BCUT2D eigenvalue weighted by atomic mass is 9.95. The van der Waals surface area contributed by atoms with Gasteiger partial charge in [0, 0.05) is 38.8 Å². The van der Waals surface area contributed by atoms with Gasteiger partial charge in [-0.1, -0.05) is 0 Å². The second kappa shape index (κ2) is 5.38. The van der Waals surface area contributed by atoms with Crippen LogP contribution in [0.25, 0.3) is 0 Å². The van der Waals surface area contributed by atoms with E-state index >= 15 is 0 Å². The number of nitrogens with two attached hydrogens (primary N) is 1. The normalized spacial score (nSPS) is 25.7. The maximum atomic E-state index is 9.47. The SMILES string of the molecule is CN1CC(N(CC2CCN(N)CC2)C(O)(O)O)C1. The molecule has 0 unspecified atom stereocenters. The van der Waals surface area contributed by atoms with Gasteiger partial charge in [-0.2, -0.15) is 0 Å². The number of aliphatic hydroxyl groups is 3. The lowest BCUT2D eigenvalue weighted by Gasteiger charge is -2.47. The minimum atomic E-state index is -2.72. The summed E-state index contributed by atoms with van der Waals surface area (Å²) in [6.07, 6.45) is -0.872. The predicted octanol–water partition coefficient (Wildman–Crippen LogP) is -2.22. The monoisotopic (exact) mass is 260 g/mol. The molecule has 106 valence electrons. The Morgan fingerprint density at radius 1 is 1.22 bits per heavy atom. The molecule has 5 N–H and O–H groups in total. The quantitative estimate of drug-likeness (QED) is 0.336. The Hall–Kier alpha value is -0.280. The van der Waals surface area contributed by atoms with Crippen molar-refractivity contribution in [2.75, 3.05) is 39.8 Å². The summed E-state index contributed by atoms with van der Waals surface area (Å²) in [6.45, 7) is 3.63. The minimum Gasteiger partial charge on any atom is -0.330 e. The summed E-state index contributed by atoms with van der Waals surface area (Å²) in [5, 5.41) is 30.2. The van der Waals surface area contributed by atoms with Crippen molar-refractivity contribution in [1.29, 1.82) is 0 Å². The van der Waals surface area contributed by atoms with Crippen LogP contribution in [0.2, 0.25) is 0 Å². The third-order valence-electron chi connectivity index (χ3n) is 3.97. The fourth-order valence-corrected chi connectivity index (χ4v) is 2.79. The average Bonchev–Trinajstić information content (AvgIpc) is 2.23. The van der Waals surface area contributed by atoms with Crippen LogP contribution >= 0.6 is 0 Å². The number of nitrogens with zero attached hydrogens (tertiary/aromatic N) is 3. The van der Waals surface area contributed by atoms with Crippen molar-refractivity contribution in [3.05, 3.63) is 0 Å². The highest BCUT2D eigenvalue weighted by Gasteiger charge is 2.41. The highest BCUT2D eigenvalue weighted by molar-refractivity contribution is 4.88. The van der Waals surface area contributed by atoms with E-state index in [2.05, 4.69) is 4.90 Å². The van der Waals surface area contributed by atoms with Crippen LogP contribution in [-0.4, -0.2) is 82.0 Å². The van der Waals surface area contributed by atoms with Crippen molar-refractivity contribution in [1.82, 2.24) is 14.8 Å². The fraction of sp³-hybridized carbons (Fsp3) is 1.00. The van der Waals surface area contributed by atoms with Gasteiger partial charge in [0.1, 0.15) is 0 Å². The van der Waals surface area contributed by atoms with E-state index in [0.717, 1.165) is 39.0 Å². The van der Waals surface area contributed by atoms with Gasteiger partial charge < -0.3 is 20.2 Å². The van der Waals surface area contributed by atoms with Gasteiger partial charge >= 0.3 is 6.10 Å².